The minimum atomic E-state index is -0.233. The Kier molecular flexibility index (Phi) is 3.93. The second-order valence-corrected chi connectivity index (χ2v) is 5.65. The number of carbonyl (C=O) groups is 1. The number of anilines is 1. The highest BCUT2D eigenvalue weighted by atomic mass is 32.1. The van der Waals surface area contributed by atoms with E-state index in [1.807, 2.05) is 24.6 Å². The molecule has 1 amide bonds. The number of carbonyl (C=O) groups excluding carboxylic acids is 1. The molecule has 0 unspecified atom stereocenters. The summed E-state index contributed by atoms with van der Waals surface area (Å²) in [5, 5.41) is 9.11. The molecular weight excluding hydrogens is 298 g/mol. The van der Waals surface area contributed by atoms with Gasteiger partial charge in [0.15, 0.2) is 5.69 Å². The monoisotopic (exact) mass is 313 g/mol. The smallest absolute Gasteiger partial charge is 0.276 e. The Balaban J connectivity index is 1.79. The van der Waals surface area contributed by atoms with Gasteiger partial charge in [-0.05, 0) is 41.8 Å². The quantitative estimate of drug-likeness (QED) is 0.803. The number of rotatable bonds is 4. The van der Waals surface area contributed by atoms with Gasteiger partial charge in [-0.1, -0.05) is 6.07 Å². The van der Waals surface area contributed by atoms with Crippen LogP contribution in [0, 0.1) is 0 Å². The molecule has 0 aliphatic rings. The summed E-state index contributed by atoms with van der Waals surface area (Å²) in [7, 11) is 3.44. The maximum absolute atomic E-state index is 12.3. The van der Waals surface area contributed by atoms with Gasteiger partial charge in [-0.3, -0.25) is 9.48 Å². The second kappa shape index (κ2) is 6.03. The fraction of sp³-hybridized carbons (Fsp3) is 0.125. The Morgan fingerprint density at radius 1 is 1.27 bits per heavy atom. The van der Waals surface area contributed by atoms with Crippen molar-refractivity contribution in [2.45, 2.75) is 0 Å². The second-order valence-electron chi connectivity index (χ2n) is 4.70. The van der Waals surface area contributed by atoms with Gasteiger partial charge in [0.2, 0.25) is 0 Å². The van der Waals surface area contributed by atoms with Crippen molar-refractivity contribution in [2.75, 3.05) is 12.4 Å². The van der Waals surface area contributed by atoms with E-state index in [1.54, 1.807) is 53.5 Å². The van der Waals surface area contributed by atoms with E-state index in [4.69, 9.17) is 4.74 Å². The summed E-state index contributed by atoms with van der Waals surface area (Å²) < 4.78 is 6.81. The van der Waals surface area contributed by atoms with Crippen molar-refractivity contribution in [1.82, 2.24) is 9.78 Å². The van der Waals surface area contributed by atoms with Gasteiger partial charge in [0.1, 0.15) is 5.75 Å². The molecule has 0 radical (unpaired) electrons. The van der Waals surface area contributed by atoms with Crippen LogP contribution in [0.1, 0.15) is 10.5 Å². The number of hydrogen-bond acceptors (Lipinski definition) is 4. The summed E-state index contributed by atoms with van der Waals surface area (Å²) in [5.41, 5.74) is 2.02. The van der Waals surface area contributed by atoms with E-state index in [-0.39, 0.29) is 5.91 Å². The molecule has 112 valence electrons. The molecule has 6 heteroatoms. The molecule has 0 fully saturated rings. The molecule has 1 N–H and O–H groups in total. The van der Waals surface area contributed by atoms with Crippen molar-refractivity contribution < 1.29 is 9.53 Å². The number of nitrogens with one attached hydrogen (secondary N) is 1. The minimum absolute atomic E-state index is 0.233. The highest BCUT2D eigenvalue weighted by molar-refractivity contribution is 7.13. The Bertz CT molecular complexity index is 776. The Morgan fingerprint density at radius 3 is 2.68 bits per heavy atom. The number of nitrogens with zero attached hydrogens (tertiary/aromatic N) is 2. The van der Waals surface area contributed by atoms with Crippen LogP contribution in [0.3, 0.4) is 0 Å². The zero-order chi connectivity index (χ0) is 15.5. The van der Waals surface area contributed by atoms with Crippen molar-refractivity contribution in [2.24, 2.45) is 7.05 Å². The number of ether oxygens (including phenoxy) is 1. The average molecular weight is 313 g/mol. The van der Waals surface area contributed by atoms with E-state index in [1.165, 1.54) is 0 Å². The van der Waals surface area contributed by atoms with Crippen molar-refractivity contribution in [3.63, 3.8) is 0 Å². The first-order valence-electron chi connectivity index (χ1n) is 6.70. The van der Waals surface area contributed by atoms with Crippen LogP contribution < -0.4 is 10.1 Å². The van der Waals surface area contributed by atoms with E-state index < -0.39 is 0 Å². The van der Waals surface area contributed by atoms with Crippen LogP contribution in [-0.4, -0.2) is 22.8 Å². The molecule has 0 saturated carbocycles. The van der Waals surface area contributed by atoms with E-state index in [2.05, 4.69) is 10.4 Å². The molecule has 0 spiro atoms. The average Bonchev–Trinajstić information content (AvgIpc) is 3.17. The largest absolute Gasteiger partial charge is 0.497 e. The lowest BCUT2D eigenvalue weighted by Crippen LogP contribution is -2.12. The summed E-state index contributed by atoms with van der Waals surface area (Å²) >= 11 is 1.62. The standard InChI is InChI=1S/C16H15N3O2S/c1-19-14(15-4-3-9-22-15)10-13(18-19)16(20)17-11-5-7-12(21-2)8-6-11/h3-10H,1-2H3,(H,17,20). The van der Waals surface area contributed by atoms with Crippen molar-refractivity contribution in [1.29, 1.82) is 0 Å². The van der Waals surface area contributed by atoms with Gasteiger partial charge >= 0.3 is 0 Å². The summed E-state index contributed by atoms with van der Waals surface area (Å²) in [5.74, 6) is 0.513. The highest BCUT2D eigenvalue weighted by Crippen LogP contribution is 2.25. The number of aromatic nitrogens is 2. The molecule has 0 aliphatic heterocycles. The summed E-state index contributed by atoms with van der Waals surface area (Å²) in [6.45, 7) is 0. The summed E-state index contributed by atoms with van der Waals surface area (Å²) in [6, 6.07) is 13.0. The number of methoxy groups -OCH3 is 1. The summed E-state index contributed by atoms with van der Waals surface area (Å²) in [4.78, 5) is 13.4. The minimum Gasteiger partial charge on any atom is -0.497 e. The molecule has 0 bridgehead atoms. The number of aryl methyl sites for hydroxylation is 1. The fourth-order valence-corrected chi connectivity index (χ4v) is 2.88. The van der Waals surface area contributed by atoms with Crippen LogP contribution in [0.25, 0.3) is 10.6 Å². The van der Waals surface area contributed by atoms with Crippen molar-refractivity contribution in [3.8, 4) is 16.3 Å². The van der Waals surface area contributed by atoms with Gasteiger partial charge in [-0.25, -0.2) is 0 Å². The molecule has 22 heavy (non-hydrogen) atoms. The lowest BCUT2D eigenvalue weighted by atomic mass is 10.2. The first-order chi connectivity index (χ1) is 10.7. The molecule has 2 heterocycles. The Morgan fingerprint density at radius 2 is 2.05 bits per heavy atom. The van der Waals surface area contributed by atoms with E-state index >= 15 is 0 Å². The van der Waals surface area contributed by atoms with Crippen LogP contribution in [0.5, 0.6) is 5.75 Å². The van der Waals surface area contributed by atoms with Gasteiger partial charge in [0.25, 0.3) is 5.91 Å². The predicted molar refractivity (Wildman–Crippen MR) is 87.5 cm³/mol. The number of amides is 1. The maximum Gasteiger partial charge on any atom is 0.276 e. The number of benzene rings is 1. The Labute approximate surface area is 132 Å². The first-order valence-corrected chi connectivity index (χ1v) is 7.58. The first kappa shape index (κ1) is 14.3. The van der Waals surface area contributed by atoms with Crippen LogP contribution in [-0.2, 0) is 7.05 Å². The third kappa shape index (κ3) is 2.87. The molecule has 5 nitrogen and oxygen atoms in total. The lowest BCUT2D eigenvalue weighted by Gasteiger charge is -2.04. The molecule has 0 saturated heterocycles. The van der Waals surface area contributed by atoms with E-state index in [0.717, 1.165) is 16.3 Å². The topological polar surface area (TPSA) is 56.1 Å². The highest BCUT2D eigenvalue weighted by Gasteiger charge is 2.14. The van der Waals surface area contributed by atoms with Crippen LogP contribution >= 0.6 is 11.3 Å². The number of thiophene rings is 1. The predicted octanol–water partition coefficient (Wildman–Crippen LogP) is 3.41. The van der Waals surface area contributed by atoms with Crippen LogP contribution in [0.4, 0.5) is 5.69 Å². The molecule has 3 aromatic rings. The van der Waals surface area contributed by atoms with Gasteiger partial charge < -0.3 is 10.1 Å². The SMILES string of the molecule is COc1ccc(NC(=O)c2cc(-c3cccs3)n(C)n2)cc1. The zero-order valence-corrected chi connectivity index (χ0v) is 13.1. The van der Waals surface area contributed by atoms with E-state index in [0.29, 0.717) is 11.4 Å². The third-order valence-corrected chi connectivity index (χ3v) is 4.13. The van der Waals surface area contributed by atoms with Crippen molar-refractivity contribution >= 4 is 22.9 Å². The van der Waals surface area contributed by atoms with Gasteiger partial charge in [-0.15, -0.1) is 11.3 Å². The van der Waals surface area contributed by atoms with Gasteiger partial charge in [-0.2, -0.15) is 5.10 Å². The Hall–Kier alpha value is -2.60. The molecule has 0 atom stereocenters. The number of hydrogen-bond donors (Lipinski definition) is 1. The molecular formula is C16H15N3O2S. The zero-order valence-electron chi connectivity index (χ0n) is 12.2. The molecule has 0 aliphatic carbocycles. The van der Waals surface area contributed by atoms with Crippen LogP contribution in [0.2, 0.25) is 0 Å². The van der Waals surface area contributed by atoms with Crippen LogP contribution in [0.15, 0.2) is 47.8 Å². The van der Waals surface area contributed by atoms with Crippen molar-refractivity contribution in [3.05, 3.63) is 53.5 Å². The van der Waals surface area contributed by atoms with Gasteiger partial charge in [0, 0.05) is 12.7 Å². The summed E-state index contributed by atoms with van der Waals surface area (Å²) in [6.07, 6.45) is 0. The third-order valence-electron chi connectivity index (χ3n) is 3.23. The lowest BCUT2D eigenvalue weighted by molar-refractivity contribution is 0.102. The normalized spacial score (nSPS) is 10.5. The van der Waals surface area contributed by atoms with E-state index in [9.17, 15) is 4.79 Å². The molecule has 2 aromatic heterocycles. The maximum atomic E-state index is 12.3. The molecule has 3 rings (SSSR count). The van der Waals surface area contributed by atoms with Gasteiger partial charge in [0.05, 0.1) is 17.7 Å². The molecule has 1 aromatic carbocycles. The fourth-order valence-electron chi connectivity index (χ4n) is 2.10.